The van der Waals surface area contributed by atoms with Gasteiger partial charge in [0, 0.05) is 0 Å². The third-order valence-corrected chi connectivity index (χ3v) is 11.3. The van der Waals surface area contributed by atoms with Gasteiger partial charge in [-0.3, -0.25) is 0 Å². The van der Waals surface area contributed by atoms with E-state index < -0.39 is 0 Å². The van der Waals surface area contributed by atoms with E-state index in [1.54, 1.807) is 0 Å². The van der Waals surface area contributed by atoms with Gasteiger partial charge in [0.15, 0.2) is 0 Å². The van der Waals surface area contributed by atoms with Crippen molar-refractivity contribution >= 4 is 0 Å². The minimum Gasteiger partial charge on any atom is -1.00 e. The molecule has 0 bridgehead atoms. The van der Waals surface area contributed by atoms with Crippen LogP contribution in [-0.2, 0) is 23.2 Å². The molecular weight excluding hydrogens is 378 g/mol. The molecule has 0 saturated heterocycles. The SMILES string of the molecule is C1=C[C]2([Zr+2][C]3=CC=CC3)C3CC32C=1C1CCCCC1.[Cl-].[Cl-]. The molecule has 5 rings (SSSR count). The maximum Gasteiger partial charge on any atom is -1.00 e. The first-order valence-electron chi connectivity index (χ1n) is 7.99. The maximum absolute atomic E-state index is 3.81. The van der Waals surface area contributed by atoms with E-state index in [1.165, 1.54) is 44.9 Å². The molecule has 3 fully saturated rings. The normalized spacial score (nSPS) is 41.0. The smallest absolute Gasteiger partial charge is 1.00 e. The van der Waals surface area contributed by atoms with Crippen molar-refractivity contribution in [2.75, 3.05) is 0 Å². The Morgan fingerprint density at radius 3 is 2.57 bits per heavy atom. The molecule has 21 heavy (non-hydrogen) atoms. The molecule has 0 amide bonds. The van der Waals surface area contributed by atoms with E-state index in [9.17, 15) is 0 Å². The zero-order valence-electron chi connectivity index (χ0n) is 12.2. The summed E-state index contributed by atoms with van der Waals surface area (Å²) >= 11 is -0.386. The second kappa shape index (κ2) is 5.52. The van der Waals surface area contributed by atoms with E-state index >= 15 is 0 Å². The Balaban J connectivity index is 0.000000661. The number of halogens is 2. The summed E-state index contributed by atoms with van der Waals surface area (Å²) in [5.41, 5.74) is 6.33. The van der Waals surface area contributed by atoms with Crippen LogP contribution in [0.3, 0.4) is 0 Å². The van der Waals surface area contributed by atoms with Crippen molar-refractivity contribution in [2.24, 2.45) is 17.3 Å². The van der Waals surface area contributed by atoms with Crippen LogP contribution in [0.25, 0.3) is 0 Å². The first-order chi connectivity index (χ1) is 9.37. The van der Waals surface area contributed by atoms with Crippen molar-refractivity contribution in [3.05, 3.63) is 38.9 Å². The van der Waals surface area contributed by atoms with E-state index in [0.29, 0.717) is 5.41 Å². The fourth-order valence-corrected chi connectivity index (χ4v) is 10.4. The minimum atomic E-state index is -0.386. The summed E-state index contributed by atoms with van der Waals surface area (Å²) in [5, 5.41) is 0. The number of rotatable bonds is 3. The second-order valence-electron chi connectivity index (χ2n) is 7.08. The van der Waals surface area contributed by atoms with Gasteiger partial charge in [0.1, 0.15) is 0 Å². The average Bonchev–Trinajstić information content (AvgIpc) is 3.16. The predicted molar refractivity (Wildman–Crippen MR) is 73.2 cm³/mol. The molecule has 0 aromatic rings. The molecule has 3 unspecified atom stereocenters. The summed E-state index contributed by atoms with van der Waals surface area (Å²) in [6.45, 7) is 0. The van der Waals surface area contributed by atoms with Crippen LogP contribution < -0.4 is 24.8 Å². The molecular formula is C18H20Cl2Zr. The summed E-state index contributed by atoms with van der Waals surface area (Å²) in [7, 11) is 0. The quantitative estimate of drug-likeness (QED) is 0.523. The minimum absolute atomic E-state index is 0. The van der Waals surface area contributed by atoms with E-state index in [1.807, 2.05) is 8.85 Å². The van der Waals surface area contributed by atoms with Crippen molar-refractivity contribution < 1.29 is 48.0 Å². The second-order valence-corrected chi connectivity index (χ2v) is 11.3. The average molecular weight is 398 g/mol. The molecule has 3 saturated carbocycles. The Hall–Kier alpha value is 0.463. The van der Waals surface area contributed by atoms with Crippen LogP contribution in [-0.4, -0.2) is 0 Å². The number of allylic oxidation sites excluding steroid dienone is 5. The van der Waals surface area contributed by atoms with Crippen LogP contribution in [0.5, 0.6) is 0 Å². The van der Waals surface area contributed by atoms with Crippen molar-refractivity contribution in [3.8, 4) is 0 Å². The molecule has 0 radical (unpaired) electrons. The molecule has 0 aromatic heterocycles. The van der Waals surface area contributed by atoms with Crippen LogP contribution in [0, 0.1) is 17.3 Å². The Kier molecular flexibility index (Phi) is 4.29. The van der Waals surface area contributed by atoms with Gasteiger partial charge in [0.2, 0.25) is 0 Å². The molecule has 5 aliphatic rings. The summed E-state index contributed by atoms with van der Waals surface area (Å²) in [5.74, 6) is 2.01. The Bertz CT molecular complexity index is 578. The summed E-state index contributed by atoms with van der Waals surface area (Å²) in [4.78, 5) is 0. The van der Waals surface area contributed by atoms with E-state index in [2.05, 4.69) is 30.0 Å². The molecule has 5 aliphatic carbocycles. The van der Waals surface area contributed by atoms with Gasteiger partial charge in [0.25, 0.3) is 0 Å². The Morgan fingerprint density at radius 1 is 1.14 bits per heavy atom. The van der Waals surface area contributed by atoms with Gasteiger partial charge in [-0.15, -0.1) is 0 Å². The van der Waals surface area contributed by atoms with E-state index in [4.69, 9.17) is 0 Å². The predicted octanol–water partition coefficient (Wildman–Crippen LogP) is -1.23. The molecule has 0 aromatic carbocycles. The van der Waals surface area contributed by atoms with Crippen molar-refractivity contribution in [1.29, 1.82) is 0 Å². The van der Waals surface area contributed by atoms with E-state index in [0.717, 1.165) is 15.0 Å². The van der Waals surface area contributed by atoms with Crippen LogP contribution in [0.1, 0.15) is 44.9 Å². The fraction of sp³-hybridized carbons (Fsp3) is 0.611. The Morgan fingerprint density at radius 2 is 1.95 bits per heavy atom. The summed E-state index contributed by atoms with van der Waals surface area (Å²) < 4.78 is 2.55. The van der Waals surface area contributed by atoms with Crippen molar-refractivity contribution in [1.82, 2.24) is 0 Å². The van der Waals surface area contributed by atoms with Crippen molar-refractivity contribution in [3.63, 3.8) is 0 Å². The molecule has 0 heterocycles. The van der Waals surface area contributed by atoms with Crippen LogP contribution >= 0.6 is 0 Å². The van der Waals surface area contributed by atoms with Crippen molar-refractivity contribution in [2.45, 2.75) is 48.1 Å². The number of hydrogen-bond donors (Lipinski definition) is 0. The maximum atomic E-state index is 3.81. The first-order valence-corrected chi connectivity index (χ1v) is 10.4. The zero-order chi connectivity index (χ0) is 12.5. The van der Waals surface area contributed by atoms with Gasteiger partial charge in [-0.25, -0.2) is 0 Å². The van der Waals surface area contributed by atoms with Crippen LogP contribution in [0.15, 0.2) is 38.9 Å². The standard InChI is InChI=1S/C13H15.C5H5.2ClH.Zr/c1-2-4-9(5-3-1)10-6-7-11-12-8-13(10,11)12;1-2-4-5-3-1;;;/h7,9,12H,1-5,8H2;1-3H,4H2;2*1H;/q;;;;+2/p-2. The topological polar surface area (TPSA) is 0 Å². The van der Waals surface area contributed by atoms with Crippen LogP contribution in [0.2, 0.25) is 3.12 Å². The van der Waals surface area contributed by atoms with Gasteiger partial charge in [-0.05, 0) is 0 Å². The molecule has 3 heteroatoms. The largest absolute Gasteiger partial charge is 1.00 e. The monoisotopic (exact) mass is 396 g/mol. The number of hydrogen-bond acceptors (Lipinski definition) is 0. The molecule has 1 spiro atoms. The molecule has 0 N–H and O–H groups in total. The Labute approximate surface area is 151 Å². The van der Waals surface area contributed by atoms with Gasteiger partial charge < -0.3 is 24.8 Å². The van der Waals surface area contributed by atoms with Gasteiger partial charge in [-0.2, -0.15) is 0 Å². The molecule has 3 atom stereocenters. The van der Waals surface area contributed by atoms with Gasteiger partial charge >= 0.3 is 127 Å². The third kappa shape index (κ3) is 2.04. The zero-order valence-corrected chi connectivity index (χ0v) is 16.1. The summed E-state index contributed by atoms with van der Waals surface area (Å²) in [6.07, 6.45) is 19.8. The van der Waals surface area contributed by atoms with Gasteiger partial charge in [-0.1, -0.05) is 0 Å². The summed E-state index contributed by atoms with van der Waals surface area (Å²) in [6, 6.07) is 0. The molecule has 0 nitrogen and oxygen atoms in total. The first kappa shape index (κ1) is 16.3. The van der Waals surface area contributed by atoms with Gasteiger partial charge in [0.05, 0.1) is 0 Å². The fourth-order valence-electron chi connectivity index (χ4n) is 5.09. The molecule has 0 aliphatic heterocycles. The van der Waals surface area contributed by atoms with Crippen LogP contribution in [0.4, 0.5) is 0 Å². The van der Waals surface area contributed by atoms with E-state index in [-0.39, 0.29) is 48.0 Å². The molecule has 110 valence electrons. The third-order valence-electron chi connectivity index (χ3n) is 6.25. The number of fused-ring (bicyclic) bond motifs is 1.